The topological polar surface area (TPSA) is 71.1 Å². The van der Waals surface area contributed by atoms with Gasteiger partial charge in [0.05, 0.1) is 12.7 Å². The molecule has 0 radical (unpaired) electrons. The van der Waals surface area contributed by atoms with E-state index in [1.807, 2.05) is 36.4 Å². The fourth-order valence-corrected chi connectivity index (χ4v) is 2.71. The van der Waals surface area contributed by atoms with Crippen LogP contribution >= 0.6 is 0 Å². The molecule has 0 amide bonds. The van der Waals surface area contributed by atoms with Gasteiger partial charge in [0.2, 0.25) is 0 Å². The summed E-state index contributed by atoms with van der Waals surface area (Å²) in [5.41, 5.74) is 2.43. The molecule has 3 aromatic carbocycles. The van der Waals surface area contributed by atoms with E-state index >= 15 is 0 Å². The first-order chi connectivity index (χ1) is 15.1. The lowest BCUT2D eigenvalue weighted by Crippen LogP contribution is -2.11. The van der Waals surface area contributed by atoms with E-state index in [1.165, 1.54) is 0 Å². The molecule has 0 heterocycles. The van der Waals surface area contributed by atoms with Gasteiger partial charge in [-0.15, -0.1) is 0 Å². The van der Waals surface area contributed by atoms with Crippen molar-refractivity contribution in [1.82, 2.24) is 0 Å². The molecule has 31 heavy (non-hydrogen) atoms. The normalized spacial score (nSPS) is 10.1. The Morgan fingerprint density at radius 2 is 1.32 bits per heavy atom. The minimum absolute atomic E-state index is 0.112. The van der Waals surface area contributed by atoms with E-state index in [4.69, 9.17) is 18.9 Å². The summed E-state index contributed by atoms with van der Waals surface area (Å²) < 4.78 is 20.9. The Bertz CT molecular complexity index is 1020. The zero-order valence-corrected chi connectivity index (χ0v) is 17.1. The highest BCUT2D eigenvalue weighted by Crippen LogP contribution is 2.25. The molecule has 0 bridgehead atoms. The fourth-order valence-electron chi connectivity index (χ4n) is 2.71. The highest BCUT2D eigenvalue weighted by Gasteiger charge is 2.09. The average molecular weight is 418 g/mol. The predicted molar refractivity (Wildman–Crippen MR) is 116 cm³/mol. The molecule has 0 saturated carbocycles. The Morgan fingerprint density at radius 1 is 0.774 bits per heavy atom. The van der Waals surface area contributed by atoms with Crippen LogP contribution in [-0.4, -0.2) is 32.3 Å². The van der Waals surface area contributed by atoms with Gasteiger partial charge in [-0.25, -0.2) is 9.59 Å². The van der Waals surface area contributed by atoms with Crippen molar-refractivity contribution in [2.24, 2.45) is 0 Å². The van der Waals surface area contributed by atoms with Gasteiger partial charge in [-0.2, -0.15) is 0 Å². The first kappa shape index (κ1) is 21.6. The third-order valence-corrected chi connectivity index (χ3v) is 4.34. The van der Waals surface area contributed by atoms with Crippen molar-refractivity contribution in [3.8, 4) is 28.4 Å². The zero-order valence-electron chi connectivity index (χ0n) is 17.1. The van der Waals surface area contributed by atoms with Crippen molar-refractivity contribution in [2.75, 3.05) is 20.3 Å². The van der Waals surface area contributed by atoms with Crippen LogP contribution in [0.3, 0.4) is 0 Å². The van der Waals surface area contributed by atoms with Crippen LogP contribution < -0.4 is 14.2 Å². The second-order valence-electron chi connectivity index (χ2n) is 6.39. The van der Waals surface area contributed by atoms with Gasteiger partial charge in [0, 0.05) is 6.08 Å². The Morgan fingerprint density at radius 3 is 1.87 bits per heavy atom. The fraction of sp³-hybridized carbons (Fsp3) is 0.120. The van der Waals surface area contributed by atoms with E-state index in [-0.39, 0.29) is 13.2 Å². The molecule has 3 rings (SSSR count). The molecular formula is C25H22O6. The van der Waals surface area contributed by atoms with Crippen molar-refractivity contribution in [3.05, 3.63) is 91.0 Å². The maximum absolute atomic E-state index is 12.4. The molecule has 0 aliphatic carbocycles. The first-order valence-electron chi connectivity index (χ1n) is 9.58. The molecule has 6 heteroatoms. The highest BCUT2D eigenvalue weighted by molar-refractivity contribution is 5.91. The SMILES string of the molecule is C=CC(=O)OCCOc1ccc(C(=O)Oc2ccc(-c3ccc(OC)cc3)cc2)cc1. The molecule has 158 valence electrons. The monoisotopic (exact) mass is 418 g/mol. The third-order valence-electron chi connectivity index (χ3n) is 4.34. The first-order valence-corrected chi connectivity index (χ1v) is 9.58. The van der Waals surface area contributed by atoms with Crippen LogP contribution in [0.25, 0.3) is 11.1 Å². The minimum Gasteiger partial charge on any atom is -0.497 e. The Hall–Kier alpha value is -4.06. The van der Waals surface area contributed by atoms with Crippen LogP contribution in [0.15, 0.2) is 85.5 Å². The number of hydrogen-bond acceptors (Lipinski definition) is 6. The van der Waals surface area contributed by atoms with E-state index in [9.17, 15) is 9.59 Å². The quantitative estimate of drug-likeness (QED) is 0.217. The number of esters is 2. The maximum atomic E-state index is 12.4. The molecule has 0 aromatic heterocycles. The van der Waals surface area contributed by atoms with Crippen LogP contribution in [0.2, 0.25) is 0 Å². The van der Waals surface area contributed by atoms with E-state index < -0.39 is 11.9 Å². The van der Waals surface area contributed by atoms with Crippen molar-refractivity contribution < 1.29 is 28.5 Å². The number of carbonyl (C=O) groups excluding carboxylic acids is 2. The molecule has 0 unspecified atom stereocenters. The second-order valence-corrected chi connectivity index (χ2v) is 6.39. The molecule has 0 N–H and O–H groups in total. The van der Waals surface area contributed by atoms with Crippen LogP contribution in [0, 0.1) is 0 Å². The summed E-state index contributed by atoms with van der Waals surface area (Å²) >= 11 is 0. The summed E-state index contributed by atoms with van der Waals surface area (Å²) in [7, 11) is 1.63. The van der Waals surface area contributed by atoms with E-state index in [1.54, 1.807) is 43.5 Å². The Balaban J connectivity index is 1.53. The molecule has 0 saturated heterocycles. The maximum Gasteiger partial charge on any atom is 0.343 e. The van der Waals surface area contributed by atoms with Crippen LogP contribution in [-0.2, 0) is 9.53 Å². The lowest BCUT2D eigenvalue weighted by Gasteiger charge is -2.08. The van der Waals surface area contributed by atoms with E-state index in [0.717, 1.165) is 23.0 Å². The summed E-state index contributed by atoms with van der Waals surface area (Å²) in [4.78, 5) is 23.3. The molecular weight excluding hydrogens is 396 g/mol. The summed E-state index contributed by atoms with van der Waals surface area (Å²) in [6, 6.07) is 21.5. The van der Waals surface area contributed by atoms with Crippen molar-refractivity contribution in [2.45, 2.75) is 0 Å². The second kappa shape index (κ2) is 10.6. The molecule has 0 atom stereocenters. The van der Waals surface area contributed by atoms with Gasteiger partial charge in [0.25, 0.3) is 0 Å². The Kier molecular flexibility index (Phi) is 7.43. The van der Waals surface area contributed by atoms with Gasteiger partial charge in [-0.05, 0) is 59.7 Å². The molecule has 0 aliphatic rings. The van der Waals surface area contributed by atoms with Crippen molar-refractivity contribution in [1.29, 1.82) is 0 Å². The van der Waals surface area contributed by atoms with Gasteiger partial charge < -0.3 is 18.9 Å². The average Bonchev–Trinajstić information content (AvgIpc) is 2.82. The molecule has 0 spiro atoms. The molecule has 0 fully saturated rings. The summed E-state index contributed by atoms with van der Waals surface area (Å²) in [5.74, 6) is 0.825. The number of rotatable bonds is 9. The summed E-state index contributed by atoms with van der Waals surface area (Å²) in [5, 5.41) is 0. The van der Waals surface area contributed by atoms with Gasteiger partial charge in [0.15, 0.2) is 0 Å². The number of benzene rings is 3. The number of hydrogen-bond donors (Lipinski definition) is 0. The van der Waals surface area contributed by atoms with Crippen LogP contribution in [0.5, 0.6) is 17.2 Å². The van der Waals surface area contributed by atoms with Gasteiger partial charge in [-0.1, -0.05) is 30.8 Å². The number of carbonyl (C=O) groups is 2. The smallest absolute Gasteiger partial charge is 0.343 e. The third kappa shape index (κ3) is 6.21. The van der Waals surface area contributed by atoms with Crippen LogP contribution in [0.4, 0.5) is 0 Å². The molecule has 6 nitrogen and oxygen atoms in total. The molecule has 0 aliphatic heterocycles. The Labute approximate surface area is 180 Å². The minimum atomic E-state index is -0.501. The largest absolute Gasteiger partial charge is 0.497 e. The van der Waals surface area contributed by atoms with E-state index in [2.05, 4.69) is 6.58 Å². The van der Waals surface area contributed by atoms with Gasteiger partial charge in [-0.3, -0.25) is 0 Å². The van der Waals surface area contributed by atoms with Crippen molar-refractivity contribution >= 4 is 11.9 Å². The summed E-state index contributed by atoms with van der Waals surface area (Å²) in [6.45, 7) is 3.62. The van der Waals surface area contributed by atoms with Crippen molar-refractivity contribution in [3.63, 3.8) is 0 Å². The predicted octanol–water partition coefficient (Wildman–Crippen LogP) is 4.69. The highest BCUT2D eigenvalue weighted by atomic mass is 16.6. The lowest BCUT2D eigenvalue weighted by atomic mass is 10.1. The van der Waals surface area contributed by atoms with Gasteiger partial charge >= 0.3 is 11.9 Å². The van der Waals surface area contributed by atoms with Crippen LogP contribution in [0.1, 0.15) is 10.4 Å². The zero-order chi connectivity index (χ0) is 22.1. The van der Waals surface area contributed by atoms with E-state index in [0.29, 0.717) is 17.1 Å². The number of methoxy groups -OCH3 is 1. The number of ether oxygens (including phenoxy) is 4. The lowest BCUT2D eigenvalue weighted by molar-refractivity contribution is -0.138. The van der Waals surface area contributed by atoms with Gasteiger partial charge in [0.1, 0.15) is 30.5 Å². The molecule has 3 aromatic rings. The standard InChI is InChI=1S/C25H22O6/c1-3-24(26)30-17-16-29-22-12-8-20(9-13-22)25(27)31-23-14-6-19(7-15-23)18-4-10-21(28-2)11-5-18/h3-15H,1,16-17H2,2H3. The summed E-state index contributed by atoms with van der Waals surface area (Å²) in [6.07, 6.45) is 1.09.